The molecule has 0 aromatic heterocycles. The van der Waals surface area contributed by atoms with Gasteiger partial charge in [0, 0.05) is 37.5 Å². The SMILES string of the molecule is CSCc1ccc(C(=O)N2CCN(c3ccccc3F)CC2)cc1. The Morgan fingerprint density at radius 2 is 1.71 bits per heavy atom. The maximum Gasteiger partial charge on any atom is 0.253 e. The van der Waals surface area contributed by atoms with Crippen LogP contribution in [-0.4, -0.2) is 43.2 Å². The van der Waals surface area contributed by atoms with Gasteiger partial charge in [-0.3, -0.25) is 4.79 Å². The molecule has 0 bridgehead atoms. The van der Waals surface area contributed by atoms with E-state index in [-0.39, 0.29) is 11.7 Å². The maximum atomic E-state index is 13.9. The maximum absolute atomic E-state index is 13.9. The molecule has 3 rings (SSSR count). The summed E-state index contributed by atoms with van der Waals surface area (Å²) in [5, 5.41) is 0. The van der Waals surface area contributed by atoms with Crippen molar-refractivity contribution < 1.29 is 9.18 Å². The molecule has 0 unspecified atom stereocenters. The molecule has 0 N–H and O–H groups in total. The Hall–Kier alpha value is -2.01. The van der Waals surface area contributed by atoms with Crippen LogP contribution in [0.5, 0.6) is 0 Å². The molecule has 2 aromatic rings. The number of halogens is 1. The molecule has 0 aliphatic carbocycles. The molecular formula is C19H21FN2OS. The lowest BCUT2D eigenvalue weighted by Crippen LogP contribution is -2.49. The summed E-state index contributed by atoms with van der Waals surface area (Å²) in [7, 11) is 0. The van der Waals surface area contributed by atoms with Crippen LogP contribution < -0.4 is 4.90 Å². The van der Waals surface area contributed by atoms with Crippen molar-refractivity contribution in [2.24, 2.45) is 0 Å². The van der Waals surface area contributed by atoms with Crippen LogP contribution in [0.2, 0.25) is 0 Å². The van der Waals surface area contributed by atoms with Crippen LogP contribution in [0.1, 0.15) is 15.9 Å². The van der Waals surface area contributed by atoms with Crippen molar-refractivity contribution in [2.75, 3.05) is 37.3 Å². The molecule has 1 saturated heterocycles. The van der Waals surface area contributed by atoms with Crippen LogP contribution in [0, 0.1) is 5.82 Å². The highest BCUT2D eigenvalue weighted by Crippen LogP contribution is 2.21. The molecule has 1 fully saturated rings. The van der Waals surface area contributed by atoms with Gasteiger partial charge in [0.2, 0.25) is 0 Å². The summed E-state index contributed by atoms with van der Waals surface area (Å²) in [6, 6.07) is 14.6. The molecule has 3 nitrogen and oxygen atoms in total. The Bertz CT molecular complexity index is 697. The normalized spacial score (nSPS) is 14.8. The first-order chi connectivity index (χ1) is 11.7. The molecule has 0 saturated carbocycles. The molecule has 1 amide bonds. The van der Waals surface area contributed by atoms with Gasteiger partial charge in [-0.2, -0.15) is 11.8 Å². The predicted molar refractivity (Wildman–Crippen MR) is 98.2 cm³/mol. The summed E-state index contributed by atoms with van der Waals surface area (Å²) in [5.74, 6) is 0.802. The topological polar surface area (TPSA) is 23.6 Å². The van der Waals surface area contributed by atoms with E-state index in [1.54, 1.807) is 23.9 Å². The summed E-state index contributed by atoms with van der Waals surface area (Å²) in [5.41, 5.74) is 2.56. The minimum atomic E-state index is -0.207. The zero-order chi connectivity index (χ0) is 16.9. The minimum Gasteiger partial charge on any atom is -0.366 e. The molecular weight excluding hydrogens is 323 g/mol. The van der Waals surface area contributed by atoms with E-state index in [2.05, 4.69) is 6.26 Å². The van der Waals surface area contributed by atoms with Crippen molar-refractivity contribution >= 4 is 23.4 Å². The monoisotopic (exact) mass is 344 g/mol. The molecule has 1 aliphatic rings. The Kier molecular flexibility index (Phi) is 5.41. The van der Waals surface area contributed by atoms with E-state index in [1.165, 1.54) is 11.6 Å². The third-order valence-corrected chi connectivity index (χ3v) is 4.89. The molecule has 0 spiro atoms. The number of benzene rings is 2. The van der Waals surface area contributed by atoms with E-state index in [1.807, 2.05) is 40.1 Å². The van der Waals surface area contributed by atoms with Gasteiger partial charge in [-0.25, -0.2) is 4.39 Å². The zero-order valence-corrected chi connectivity index (χ0v) is 14.6. The van der Waals surface area contributed by atoms with Crippen LogP contribution >= 0.6 is 11.8 Å². The van der Waals surface area contributed by atoms with E-state index >= 15 is 0 Å². The van der Waals surface area contributed by atoms with Crippen LogP contribution in [0.15, 0.2) is 48.5 Å². The van der Waals surface area contributed by atoms with Gasteiger partial charge in [-0.15, -0.1) is 0 Å². The second kappa shape index (κ2) is 7.71. The summed E-state index contributed by atoms with van der Waals surface area (Å²) in [4.78, 5) is 16.5. The Balaban J connectivity index is 1.62. The number of carbonyl (C=O) groups excluding carboxylic acids is 1. The fraction of sp³-hybridized carbons (Fsp3) is 0.316. The van der Waals surface area contributed by atoms with E-state index < -0.39 is 0 Å². The van der Waals surface area contributed by atoms with Crippen LogP contribution in [-0.2, 0) is 5.75 Å². The largest absolute Gasteiger partial charge is 0.366 e. The fourth-order valence-electron chi connectivity index (χ4n) is 2.95. The molecule has 1 aliphatic heterocycles. The number of thioether (sulfide) groups is 1. The highest BCUT2D eigenvalue weighted by atomic mass is 32.2. The van der Waals surface area contributed by atoms with Gasteiger partial charge in [0.1, 0.15) is 5.82 Å². The second-order valence-corrected chi connectivity index (χ2v) is 6.73. The summed E-state index contributed by atoms with van der Waals surface area (Å²) in [6.07, 6.45) is 2.06. The number of hydrogen-bond acceptors (Lipinski definition) is 3. The summed E-state index contributed by atoms with van der Waals surface area (Å²) in [6.45, 7) is 2.52. The first kappa shape index (κ1) is 16.8. The zero-order valence-electron chi connectivity index (χ0n) is 13.7. The van der Waals surface area contributed by atoms with Gasteiger partial charge in [-0.05, 0) is 36.1 Å². The standard InChI is InChI=1S/C19H21FN2OS/c1-24-14-15-6-8-16(9-7-15)19(23)22-12-10-21(11-13-22)18-5-3-2-4-17(18)20/h2-9H,10-14H2,1H3. The Morgan fingerprint density at radius 1 is 1.04 bits per heavy atom. The van der Waals surface area contributed by atoms with Gasteiger partial charge in [0.05, 0.1) is 5.69 Å². The average molecular weight is 344 g/mol. The number of amides is 1. The van der Waals surface area contributed by atoms with E-state index in [9.17, 15) is 9.18 Å². The number of piperazine rings is 1. The lowest BCUT2D eigenvalue weighted by atomic mass is 10.1. The molecule has 126 valence electrons. The summed E-state index contributed by atoms with van der Waals surface area (Å²) < 4.78 is 13.9. The Morgan fingerprint density at radius 3 is 2.33 bits per heavy atom. The van der Waals surface area contributed by atoms with Gasteiger partial charge < -0.3 is 9.80 Å². The van der Waals surface area contributed by atoms with Crippen molar-refractivity contribution in [2.45, 2.75) is 5.75 Å². The summed E-state index contributed by atoms with van der Waals surface area (Å²) >= 11 is 1.76. The smallest absolute Gasteiger partial charge is 0.253 e. The lowest BCUT2D eigenvalue weighted by Gasteiger charge is -2.36. The molecule has 0 radical (unpaired) electrons. The van der Waals surface area contributed by atoms with Crippen molar-refractivity contribution in [3.8, 4) is 0 Å². The van der Waals surface area contributed by atoms with Crippen LogP contribution in [0.3, 0.4) is 0 Å². The minimum absolute atomic E-state index is 0.0545. The number of anilines is 1. The number of nitrogens with zero attached hydrogens (tertiary/aromatic N) is 2. The third kappa shape index (κ3) is 3.73. The second-order valence-electron chi connectivity index (χ2n) is 5.86. The van der Waals surface area contributed by atoms with Gasteiger partial charge in [-0.1, -0.05) is 24.3 Å². The van der Waals surface area contributed by atoms with Crippen molar-refractivity contribution in [1.29, 1.82) is 0 Å². The first-order valence-electron chi connectivity index (χ1n) is 8.05. The number of hydrogen-bond donors (Lipinski definition) is 0. The lowest BCUT2D eigenvalue weighted by molar-refractivity contribution is 0.0746. The van der Waals surface area contributed by atoms with Crippen molar-refractivity contribution in [3.05, 3.63) is 65.5 Å². The Labute approximate surface area is 146 Å². The van der Waals surface area contributed by atoms with E-state index in [0.717, 1.165) is 11.3 Å². The molecule has 1 heterocycles. The highest BCUT2D eigenvalue weighted by Gasteiger charge is 2.23. The predicted octanol–water partition coefficient (Wildman–Crippen LogP) is 3.65. The van der Waals surface area contributed by atoms with E-state index in [0.29, 0.717) is 31.9 Å². The van der Waals surface area contributed by atoms with Crippen LogP contribution in [0.25, 0.3) is 0 Å². The van der Waals surface area contributed by atoms with Crippen molar-refractivity contribution in [1.82, 2.24) is 4.90 Å². The molecule has 24 heavy (non-hydrogen) atoms. The van der Waals surface area contributed by atoms with Gasteiger partial charge >= 0.3 is 0 Å². The molecule has 2 aromatic carbocycles. The third-order valence-electron chi connectivity index (χ3n) is 4.27. The number of rotatable bonds is 4. The number of para-hydroxylation sites is 1. The highest BCUT2D eigenvalue weighted by molar-refractivity contribution is 7.97. The molecule has 0 atom stereocenters. The average Bonchev–Trinajstić information content (AvgIpc) is 2.63. The fourth-order valence-corrected chi connectivity index (χ4v) is 3.48. The first-order valence-corrected chi connectivity index (χ1v) is 9.45. The number of carbonyl (C=O) groups is 1. The van der Waals surface area contributed by atoms with Gasteiger partial charge in [0.15, 0.2) is 0 Å². The quantitative estimate of drug-likeness (QED) is 0.846. The van der Waals surface area contributed by atoms with E-state index in [4.69, 9.17) is 0 Å². The van der Waals surface area contributed by atoms with Crippen LogP contribution in [0.4, 0.5) is 10.1 Å². The van der Waals surface area contributed by atoms with Gasteiger partial charge in [0.25, 0.3) is 5.91 Å². The van der Waals surface area contributed by atoms with Crippen molar-refractivity contribution in [3.63, 3.8) is 0 Å². The molecule has 5 heteroatoms.